The van der Waals surface area contributed by atoms with Gasteiger partial charge in [0.1, 0.15) is 11.6 Å². The Labute approximate surface area is 144 Å². The SMILES string of the molecule is CC(C)(C)OC(=O)N[C@@H](CCc1ccc(C(C)(C)C)cc1)C(=O)O. The van der Waals surface area contributed by atoms with Gasteiger partial charge in [-0.3, -0.25) is 0 Å². The first-order valence-electron chi connectivity index (χ1n) is 8.20. The number of aliphatic carboxylic acids is 1. The first kappa shape index (κ1) is 20.0. The molecular weight excluding hydrogens is 306 g/mol. The van der Waals surface area contributed by atoms with Crippen LogP contribution in [0.15, 0.2) is 24.3 Å². The third-order valence-corrected chi connectivity index (χ3v) is 3.53. The van der Waals surface area contributed by atoms with Crippen LogP contribution in [0.2, 0.25) is 0 Å². The molecule has 2 N–H and O–H groups in total. The van der Waals surface area contributed by atoms with Crippen LogP contribution in [0, 0.1) is 0 Å². The summed E-state index contributed by atoms with van der Waals surface area (Å²) >= 11 is 0. The first-order chi connectivity index (χ1) is 10.9. The average molecular weight is 335 g/mol. The Morgan fingerprint density at radius 2 is 1.62 bits per heavy atom. The number of alkyl carbamates (subject to hydrolysis) is 1. The quantitative estimate of drug-likeness (QED) is 0.856. The Kier molecular flexibility index (Phi) is 6.41. The summed E-state index contributed by atoms with van der Waals surface area (Å²) in [6, 6.07) is 7.17. The molecule has 0 aliphatic heterocycles. The van der Waals surface area contributed by atoms with Crippen molar-refractivity contribution in [3.8, 4) is 0 Å². The van der Waals surface area contributed by atoms with E-state index in [0.717, 1.165) is 5.56 Å². The van der Waals surface area contributed by atoms with Crippen molar-refractivity contribution in [3.63, 3.8) is 0 Å². The summed E-state index contributed by atoms with van der Waals surface area (Å²) in [7, 11) is 0. The standard InChI is InChI=1S/C19H29NO4/c1-18(2,3)14-10-7-13(8-11-14)9-12-15(16(21)22)20-17(23)24-19(4,5)6/h7-8,10-11,15H,9,12H2,1-6H3,(H,20,23)(H,21,22)/t15-/m0/s1. The third-order valence-electron chi connectivity index (χ3n) is 3.53. The second kappa shape index (κ2) is 7.69. The van der Waals surface area contributed by atoms with E-state index in [9.17, 15) is 14.7 Å². The lowest BCUT2D eigenvalue weighted by Crippen LogP contribution is -2.43. The van der Waals surface area contributed by atoms with E-state index in [1.807, 2.05) is 12.1 Å². The highest BCUT2D eigenvalue weighted by atomic mass is 16.6. The maximum Gasteiger partial charge on any atom is 0.408 e. The molecule has 0 saturated heterocycles. The fourth-order valence-electron chi connectivity index (χ4n) is 2.19. The van der Waals surface area contributed by atoms with Crippen LogP contribution >= 0.6 is 0 Å². The fraction of sp³-hybridized carbons (Fsp3) is 0.579. The molecular formula is C19H29NO4. The van der Waals surface area contributed by atoms with Gasteiger partial charge in [-0.05, 0) is 50.2 Å². The number of carboxylic acid groups (broad SMARTS) is 1. The molecule has 0 aliphatic carbocycles. The molecule has 0 heterocycles. The summed E-state index contributed by atoms with van der Waals surface area (Å²) in [4.78, 5) is 23.1. The van der Waals surface area contributed by atoms with Gasteiger partial charge in [0.25, 0.3) is 0 Å². The largest absolute Gasteiger partial charge is 0.480 e. The van der Waals surface area contributed by atoms with Gasteiger partial charge in [-0.15, -0.1) is 0 Å². The number of benzene rings is 1. The van der Waals surface area contributed by atoms with Crippen LogP contribution < -0.4 is 5.32 Å². The number of hydrogen-bond donors (Lipinski definition) is 2. The van der Waals surface area contributed by atoms with Crippen molar-refractivity contribution in [1.29, 1.82) is 0 Å². The van der Waals surface area contributed by atoms with E-state index in [1.165, 1.54) is 5.56 Å². The van der Waals surface area contributed by atoms with E-state index in [1.54, 1.807) is 20.8 Å². The van der Waals surface area contributed by atoms with E-state index in [0.29, 0.717) is 12.8 Å². The molecule has 0 aliphatic rings. The Balaban J connectivity index is 2.64. The van der Waals surface area contributed by atoms with E-state index in [4.69, 9.17) is 4.74 Å². The highest BCUT2D eigenvalue weighted by Crippen LogP contribution is 2.22. The molecule has 1 amide bonds. The van der Waals surface area contributed by atoms with Gasteiger partial charge in [-0.1, -0.05) is 45.0 Å². The highest BCUT2D eigenvalue weighted by Gasteiger charge is 2.23. The minimum Gasteiger partial charge on any atom is -0.480 e. The molecule has 1 atom stereocenters. The molecule has 24 heavy (non-hydrogen) atoms. The average Bonchev–Trinajstić information content (AvgIpc) is 2.40. The number of carbonyl (C=O) groups is 2. The number of ether oxygens (including phenoxy) is 1. The predicted molar refractivity (Wildman–Crippen MR) is 94.3 cm³/mol. The maximum atomic E-state index is 11.7. The van der Waals surface area contributed by atoms with E-state index < -0.39 is 23.7 Å². The van der Waals surface area contributed by atoms with Crippen molar-refractivity contribution >= 4 is 12.1 Å². The van der Waals surface area contributed by atoms with Gasteiger partial charge in [-0.25, -0.2) is 9.59 Å². The predicted octanol–water partition coefficient (Wildman–Crippen LogP) is 3.89. The lowest BCUT2D eigenvalue weighted by Gasteiger charge is -2.22. The minimum atomic E-state index is -1.06. The van der Waals surface area contributed by atoms with Gasteiger partial charge in [0.15, 0.2) is 0 Å². The van der Waals surface area contributed by atoms with Gasteiger partial charge >= 0.3 is 12.1 Å². The number of nitrogens with one attached hydrogen (secondary N) is 1. The number of hydrogen-bond acceptors (Lipinski definition) is 3. The van der Waals surface area contributed by atoms with E-state index in [-0.39, 0.29) is 5.41 Å². The van der Waals surface area contributed by atoms with Crippen molar-refractivity contribution in [3.05, 3.63) is 35.4 Å². The zero-order valence-electron chi connectivity index (χ0n) is 15.5. The second-order valence-electron chi connectivity index (χ2n) is 8.02. The molecule has 0 spiro atoms. The topological polar surface area (TPSA) is 75.6 Å². The minimum absolute atomic E-state index is 0.0837. The molecule has 5 heteroatoms. The number of carbonyl (C=O) groups excluding carboxylic acids is 1. The number of rotatable bonds is 5. The van der Waals surface area contributed by atoms with Crippen molar-refractivity contribution in [2.45, 2.75) is 71.4 Å². The molecule has 0 aromatic heterocycles. The molecule has 1 aromatic carbocycles. The van der Waals surface area contributed by atoms with Gasteiger partial charge in [-0.2, -0.15) is 0 Å². The summed E-state index contributed by atoms with van der Waals surface area (Å²) in [5, 5.41) is 11.7. The Hall–Kier alpha value is -2.04. The smallest absolute Gasteiger partial charge is 0.408 e. The molecule has 0 saturated carbocycles. The number of carboxylic acids is 1. The molecule has 0 bridgehead atoms. The van der Waals surface area contributed by atoms with Crippen molar-refractivity contribution in [1.82, 2.24) is 5.32 Å². The summed E-state index contributed by atoms with van der Waals surface area (Å²) < 4.78 is 5.11. The van der Waals surface area contributed by atoms with Crippen molar-refractivity contribution in [2.75, 3.05) is 0 Å². The molecule has 5 nitrogen and oxygen atoms in total. The molecule has 0 radical (unpaired) electrons. The van der Waals surface area contributed by atoms with Gasteiger partial charge in [0.05, 0.1) is 0 Å². The van der Waals surface area contributed by atoms with Gasteiger partial charge in [0.2, 0.25) is 0 Å². The Bertz CT molecular complexity index is 565. The zero-order chi connectivity index (χ0) is 18.5. The van der Waals surface area contributed by atoms with Crippen LogP contribution in [0.4, 0.5) is 4.79 Å². The van der Waals surface area contributed by atoms with E-state index >= 15 is 0 Å². The monoisotopic (exact) mass is 335 g/mol. The van der Waals surface area contributed by atoms with Crippen molar-refractivity contribution in [2.24, 2.45) is 0 Å². The van der Waals surface area contributed by atoms with Crippen LogP contribution in [0.25, 0.3) is 0 Å². The second-order valence-corrected chi connectivity index (χ2v) is 8.02. The van der Waals surface area contributed by atoms with Crippen LogP contribution in [0.1, 0.15) is 59.1 Å². The molecule has 1 rings (SSSR count). The fourth-order valence-corrected chi connectivity index (χ4v) is 2.19. The molecule has 0 unspecified atom stereocenters. The maximum absolute atomic E-state index is 11.7. The van der Waals surface area contributed by atoms with Crippen LogP contribution in [0.5, 0.6) is 0 Å². The molecule has 1 aromatic rings. The highest BCUT2D eigenvalue weighted by molar-refractivity contribution is 5.80. The summed E-state index contributed by atoms with van der Waals surface area (Å²) in [5.74, 6) is -1.06. The summed E-state index contributed by atoms with van der Waals surface area (Å²) in [6.07, 6.45) is 0.165. The van der Waals surface area contributed by atoms with Crippen LogP contribution in [0.3, 0.4) is 0 Å². The summed E-state index contributed by atoms with van der Waals surface area (Å²) in [5.41, 5.74) is 1.70. The number of aryl methyl sites for hydroxylation is 1. The Morgan fingerprint density at radius 3 is 2.04 bits per heavy atom. The lowest BCUT2D eigenvalue weighted by atomic mass is 9.86. The van der Waals surface area contributed by atoms with Crippen LogP contribution in [-0.4, -0.2) is 28.8 Å². The first-order valence-corrected chi connectivity index (χ1v) is 8.20. The summed E-state index contributed by atoms with van der Waals surface area (Å²) in [6.45, 7) is 11.6. The zero-order valence-corrected chi connectivity index (χ0v) is 15.5. The molecule has 134 valence electrons. The van der Waals surface area contributed by atoms with Crippen molar-refractivity contribution < 1.29 is 19.4 Å². The van der Waals surface area contributed by atoms with E-state index in [2.05, 4.69) is 38.2 Å². The lowest BCUT2D eigenvalue weighted by molar-refractivity contribution is -0.139. The van der Waals surface area contributed by atoms with Gasteiger partial charge in [0, 0.05) is 0 Å². The third kappa shape index (κ3) is 7.02. The van der Waals surface area contributed by atoms with Gasteiger partial charge < -0.3 is 15.2 Å². The normalized spacial score (nSPS) is 13.2. The molecule has 0 fully saturated rings. The van der Waals surface area contributed by atoms with Crippen LogP contribution in [-0.2, 0) is 21.4 Å². The Morgan fingerprint density at radius 1 is 1.08 bits per heavy atom. The number of amides is 1.